The molecule has 1 unspecified atom stereocenters. The predicted octanol–water partition coefficient (Wildman–Crippen LogP) is 18.6. The molecule has 388 valence electrons. The van der Waals surface area contributed by atoms with Crippen molar-refractivity contribution in [2.24, 2.45) is 0 Å². The fourth-order valence-corrected chi connectivity index (χ4v) is 7.20. The number of ether oxygens (including phenoxy) is 3. The molecule has 0 N–H and O–H groups in total. The van der Waals surface area contributed by atoms with E-state index in [1.165, 1.54) is 70.6 Å². The van der Waals surface area contributed by atoms with Crippen molar-refractivity contribution in [3.05, 3.63) is 134 Å². The third kappa shape index (κ3) is 54.4. The van der Waals surface area contributed by atoms with E-state index >= 15 is 0 Å². The Morgan fingerprint density at radius 3 is 1.09 bits per heavy atom. The van der Waals surface area contributed by atoms with Gasteiger partial charge in [0.2, 0.25) is 0 Å². The monoisotopic (exact) mass is 953 g/mol. The molecule has 0 aliphatic heterocycles. The number of rotatable bonds is 48. The Bertz CT molecular complexity index is 1510. The maximum absolute atomic E-state index is 12.8. The van der Waals surface area contributed by atoms with Gasteiger partial charge in [0.1, 0.15) is 13.2 Å². The van der Waals surface area contributed by atoms with Crippen LogP contribution in [-0.4, -0.2) is 37.2 Å². The molecule has 0 fully saturated rings. The fraction of sp³-hybridized carbons (Fsp3) is 0.603. The lowest BCUT2D eigenvalue weighted by Gasteiger charge is -2.18. The highest BCUT2D eigenvalue weighted by Gasteiger charge is 2.19. The smallest absolute Gasteiger partial charge is 0.306 e. The molecule has 6 nitrogen and oxygen atoms in total. The van der Waals surface area contributed by atoms with Gasteiger partial charge < -0.3 is 14.2 Å². The maximum atomic E-state index is 12.8. The van der Waals surface area contributed by atoms with Crippen LogP contribution in [0.5, 0.6) is 0 Å². The largest absolute Gasteiger partial charge is 0.462 e. The van der Waals surface area contributed by atoms with Gasteiger partial charge in [-0.05, 0) is 96.3 Å². The van der Waals surface area contributed by atoms with Crippen LogP contribution in [0.15, 0.2) is 134 Å². The number of allylic oxidation sites excluding steroid dienone is 22. The van der Waals surface area contributed by atoms with E-state index in [9.17, 15) is 14.4 Å². The van der Waals surface area contributed by atoms with Crippen LogP contribution >= 0.6 is 0 Å². The minimum absolute atomic E-state index is 0.107. The summed E-state index contributed by atoms with van der Waals surface area (Å²) in [4.78, 5) is 38.1. The van der Waals surface area contributed by atoms with Crippen LogP contribution in [0.2, 0.25) is 0 Å². The van der Waals surface area contributed by atoms with Crippen LogP contribution in [-0.2, 0) is 28.6 Å². The summed E-state index contributed by atoms with van der Waals surface area (Å²) < 4.78 is 16.8. The van der Waals surface area contributed by atoms with Crippen LogP contribution in [0.3, 0.4) is 0 Å². The van der Waals surface area contributed by atoms with E-state index in [-0.39, 0.29) is 31.1 Å². The minimum Gasteiger partial charge on any atom is -0.462 e. The summed E-state index contributed by atoms with van der Waals surface area (Å²) >= 11 is 0. The Morgan fingerprint density at radius 1 is 0.319 bits per heavy atom. The van der Waals surface area contributed by atoms with Crippen LogP contribution < -0.4 is 0 Å². The SMILES string of the molecule is CC\C=C/C=C\C=C/C=C\C=C\C=C/C=C\CCCCCC(=O)OCC(COC(=O)CCCCCCC/C=C\CCCCCCCCC)OC(=O)CCCCCCCC/C=C\C/C=C\C/C=C\CC. The van der Waals surface area contributed by atoms with Gasteiger partial charge in [-0.25, -0.2) is 0 Å². The van der Waals surface area contributed by atoms with Crippen molar-refractivity contribution < 1.29 is 28.6 Å². The van der Waals surface area contributed by atoms with Gasteiger partial charge in [-0.1, -0.05) is 244 Å². The van der Waals surface area contributed by atoms with E-state index in [0.29, 0.717) is 19.3 Å². The first kappa shape index (κ1) is 64.5. The predicted molar refractivity (Wildman–Crippen MR) is 297 cm³/mol. The molecule has 69 heavy (non-hydrogen) atoms. The quantitative estimate of drug-likeness (QED) is 0.0199. The van der Waals surface area contributed by atoms with Gasteiger partial charge in [-0.2, -0.15) is 0 Å². The number of carbonyl (C=O) groups excluding carboxylic acids is 3. The molecule has 0 saturated heterocycles. The van der Waals surface area contributed by atoms with Gasteiger partial charge in [-0.3, -0.25) is 14.4 Å². The Hall–Kier alpha value is -4.45. The zero-order valence-electron chi connectivity index (χ0n) is 44.3. The van der Waals surface area contributed by atoms with E-state index in [2.05, 4.69) is 81.5 Å². The first-order valence-corrected chi connectivity index (χ1v) is 27.8. The van der Waals surface area contributed by atoms with Crippen LogP contribution in [0, 0.1) is 0 Å². The fourth-order valence-electron chi connectivity index (χ4n) is 7.20. The molecule has 0 rings (SSSR count). The molecule has 0 aromatic heterocycles. The summed E-state index contributed by atoms with van der Waals surface area (Å²) in [6.45, 7) is 6.31. The van der Waals surface area contributed by atoms with Crippen molar-refractivity contribution in [3.8, 4) is 0 Å². The van der Waals surface area contributed by atoms with Gasteiger partial charge in [0, 0.05) is 19.3 Å². The first-order chi connectivity index (χ1) is 34.0. The zero-order valence-corrected chi connectivity index (χ0v) is 44.3. The second kappa shape index (κ2) is 56.1. The van der Waals surface area contributed by atoms with Gasteiger partial charge in [0.25, 0.3) is 0 Å². The molecular weight excluding hydrogens is 853 g/mol. The van der Waals surface area contributed by atoms with Crippen LogP contribution in [0.1, 0.15) is 226 Å². The van der Waals surface area contributed by atoms with Crippen molar-refractivity contribution in [3.63, 3.8) is 0 Å². The molecule has 6 heteroatoms. The first-order valence-electron chi connectivity index (χ1n) is 27.8. The lowest BCUT2D eigenvalue weighted by atomic mass is 10.1. The standard InChI is InChI=1S/C63H100O6/c1-4-7-10-13-16-19-22-25-28-31-32-33-36-38-41-44-47-50-53-56-62(65)68-59-60(69-63(66)57-54-51-48-45-42-39-35-30-27-24-21-18-15-12-9-6-3)58-67-61(64)55-52-49-46-43-40-37-34-29-26-23-20-17-14-11-8-5-2/h7,9-10,12-13,16,18-19,21-22,25,27-34,36,38,41,60H,4-6,8,11,14-15,17,20,23-24,26,35,37,39-40,42-59H2,1-3H3/b10-7-,12-9-,16-13-,21-18-,22-19-,28-25-,30-27-,32-31+,34-29-,36-33-,41-38-. The molecule has 0 saturated carbocycles. The molecule has 0 heterocycles. The van der Waals surface area contributed by atoms with Crippen molar-refractivity contribution in [2.75, 3.05) is 13.2 Å². The second-order valence-electron chi connectivity index (χ2n) is 17.9. The molecule has 0 amide bonds. The summed E-state index contributed by atoms with van der Waals surface area (Å²) in [5.41, 5.74) is 0. The summed E-state index contributed by atoms with van der Waals surface area (Å²) in [7, 11) is 0. The summed E-state index contributed by atoms with van der Waals surface area (Å²) in [6.07, 6.45) is 78.6. The highest BCUT2D eigenvalue weighted by Crippen LogP contribution is 2.14. The van der Waals surface area contributed by atoms with Crippen molar-refractivity contribution in [1.29, 1.82) is 0 Å². The average Bonchev–Trinajstić information content (AvgIpc) is 3.35. The Balaban J connectivity index is 4.55. The normalized spacial score (nSPS) is 13.1. The van der Waals surface area contributed by atoms with E-state index < -0.39 is 6.10 Å². The van der Waals surface area contributed by atoms with Crippen molar-refractivity contribution in [2.45, 2.75) is 232 Å². The summed E-state index contributed by atoms with van der Waals surface area (Å²) in [5, 5.41) is 0. The molecule has 0 aliphatic carbocycles. The van der Waals surface area contributed by atoms with Gasteiger partial charge in [0.05, 0.1) is 0 Å². The number of esters is 3. The number of carbonyl (C=O) groups is 3. The molecule has 0 aromatic rings. The van der Waals surface area contributed by atoms with E-state index in [1.54, 1.807) is 0 Å². The van der Waals surface area contributed by atoms with Gasteiger partial charge >= 0.3 is 17.9 Å². The van der Waals surface area contributed by atoms with Crippen LogP contribution in [0.4, 0.5) is 0 Å². The third-order valence-electron chi connectivity index (χ3n) is 11.3. The lowest BCUT2D eigenvalue weighted by Crippen LogP contribution is -2.30. The molecular formula is C63H100O6. The van der Waals surface area contributed by atoms with Crippen molar-refractivity contribution >= 4 is 17.9 Å². The zero-order chi connectivity index (χ0) is 50.0. The molecule has 0 spiro atoms. The minimum atomic E-state index is -0.813. The molecule has 0 bridgehead atoms. The second-order valence-corrected chi connectivity index (χ2v) is 17.9. The van der Waals surface area contributed by atoms with E-state index in [0.717, 1.165) is 116 Å². The Labute approximate surface area is 424 Å². The molecule has 0 radical (unpaired) electrons. The highest BCUT2D eigenvalue weighted by atomic mass is 16.6. The number of hydrogen-bond donors (Lipinski definition) is 0. The molecule has 1 atom stereocenters. The average molecular weight is 953 g/mol. The molecule has 0 aliphatic rings. The van der Waals surface area contributed by atoms with Crippen LogP contribution in [0.25, 0.3) is 0 Å². The lowest BCUT2D eigenvalue weighted by molar-refractivity contribution is -0.167. The third-order valence-corrected chi connectivity index (χ3v) is 11.3. The van der Waals surface area contributed by atoms with Gasteiger partial charge in [-0.15, -0.1) is 0 Å². The van der Waals surface area contributed by atoms with E-state index in [4.69, 9.17) is 14.2 Å². The number of hydrogen-bond acceptors (Lipinski definition) is 6. The van der Waals surface area contributed by atoms with Crippen molar-refractivity contribution in [1.82, 2.24) is 0 Å². The van der Waals surface area contributed by atoms with E-state index in [1.807, 2.05) is 72.9 Å². The summed E-state index contributed by atoms with van der Waals surface area (Å²) in [5.74, 6) is -0.979. The number of unbranched alkanes of at least 4 members (excludes halogenated alkanes) is 21. The summed E-state index contributed by atoms with van der Waals surface area (Å²) in [6, 6.07) is 0. The topological polar surface area (TPSA) is 78.9 Å². The van der Waals surface area contributed by atoms with Gasteiger partial charge in [0.15, 0.2) is 6.10 Å². The highest BCUT2D eigenvalue weighted by molar-refractivity contribution is 5.71. The Kier molecular flexibility index (Phi) is 52.5. The Morgan fingerprint density at radius 2 is 0.638 bits per heavy atom. The maximum Gasteiger partial charge on any atom is 0.306 e. The molecule has 0 aromatic carbocycles.